The van der Waals surface area contributed by atoms with E-state index < -0.39 is 28.5 Å². The predicted molar refractivity (Wildman–Crippen MR) is 170 cm³/mol. The second-order valence-corrected chi connectivity index (χ2v) is 14.2. The van der Waals surface area contributed by atoms with Gasteiger partial charge in [-0.2, -0.15) is 0 Å². The topological polar surface area (TPSA) is 86.8 Å². The molecule has 1 atom stereocenters. The van der Waals surface area contributed by atoms with Gasteiger partial charge in [-0.05, 0) is 83.0 Å². The first kappa shape index (κ1) is 30.5. The summed E-state index contributed by atoms with van der Waals surface area (Å²) in [7, 11) is -3.79. The number of anilines is 1. The van der Waals surface area contributed by atoms with Gasteiger partial charge in [0.15, 0.2) is 0 Å². The third-order valence-corrected chi connectivity index (χ3v) is 9.36. The second kappa shape index (κ2) is 14.0. The van der Waals surface area contributed by atoms with E-state index in [0.29, 0.717) is 12.1 Å². The average molecular weight is 738 g/mol. The molecule has 0 aliphatic heterocycles. The summed E-state index contributed by atoms with van der Waals surface area (Å²) in [5, 5.41) is 3.18. The molecule has 212 valence electrons. The lowest BCUT2D eigenvalue weighted by Gasteiger charge is -2.34. The van der Waals surface area contributed by atoms with Crippen molar-refractivity contribution in [2.45, 2.75) is 50.7 Å². The number of rotatable bonds is 11. The quantitative estimate of drug-likeness (QED) is 0.263. The summed E-state index contributed by atoms with van der Waals surface area (Å²) < 4.78 is 28.6. The first-order valence-corrected chi connectivity index (χ1v) is 16.9. The molecule has 10 heteroatoms. The Morgan fingerprint density at radius 2 is 1.62 bits per heavy atom. The van der Waals surface area contributed by atoms with Crippen LogP contribution < -0.4 is 9.62 Å². The zero-order chi connectivity index (χ0) is 28.7. The van der Waals surface area contributed by atoms with Crippen LogP contribution in [0, 0.1) is 3.57 Å². The van der Waals surface area contributed by atoms with Crippen LogP contribution in [0.1, 0.15) is 36.8 Å². The summed E-state index contributed by atoms with van der Waals surface area (Å²) in [5.74, 6) is -0.675. The van der Waals surface area contributed by atoms with Gasteiger partial charge in [0.25, 0.3) is 0 Å². The second-order valence-electron chi connectivity index (χ2n) is 10.1. The van der Waals surface area contributed by atoms with E-state index in [1.54, 1.807) is 24.3 Å². The van der Waals surface area contributed by atoms with Crippen LogP contribution in [0.25, 0.3) is 0 Å². The van der Waals surface area contributed by atoms with Crippen LogP contribution in [0.2, 0.25) is 0 Å². The van der Waals surface area contributed by atoms with Gasteiger partial charge in [0, 0.05) is 27.1 Å². The van der Waals surface area contributed by atoms with E-state index in [1.807, 2.05) is 54.6 Å². The van der Waals surface area contributed by atoms with Crippen LogP contribution in [-0.4, -0.2) is 50.0 Å². The molecular weight excluding hydrogens is 705 g/mol. The van der Waals surface area contributed by atoms with Crippen molar-refractivity contribution in [3.8, 4) is 0 Å². The molecule has 0 unspecified atom stereocenters. The molecule has 4 rings (SSSR count). The Bertz CT molecular complexity index is 1410. The largest absolute Gasteiger partial charge is 0.352 e. The zero-order valence-corrected chi connectivity index (χ0v) is 26.9. The van der Waals surface area contributed by atoms with Crippen LogP contribution in [0.3, 0.4) is 0 Å². The number of nitrogens with zero attached hydrogens (tertiary/aromatic N) is 2. The van der Waals surface area contributed by atoms with Crippen LogP contribution in [0.5, 0.6) is 0 Å². The molecule has 0 heterocycles. The molecule has 0 spiro atoms. The fraction of sp³-hybridized carbons (Fsp3) is 0.333. The fourth-order valence-electron chi connectivity index (χ4n) is 4.97. The van der Waals surface area contributed by atoms with Crippen molar-refractivity contribution in [2.75, 3.05) is 17.1 Å². The molecule has 0 aromatic heterocycles. The number of amides is 2. The number of sulfonamides is 1. The molecule has 0 bridgehead atoms. The maximum absolute atomic E-state index is 14.1. The Morgan fingerprint density at radius 1 is 0.975 bits per heavy atom. The maximum atomic E-state index is 14.1. The smallest absolute Gasteiger partial charge is 0.244 e. The van der Waals surface area contributed by atoms with Crippen molar-refractivity contribution < 1.29 is 18.0 Å². The fourth-order valence-corrected chi connectivity index (χ4v) is 6.63. The van der Waals surface area contributed by atoms with Gasteiger partial charge in [0.2, 0.25) is 21.8 Å². The van der Waals surface area contributed by atoms with Gasteiger partial charge in [0.05, 0.1) is 11.9 Å². The Balaban J connectivity index is 1.72. The van der Waals surface area contributed by atoms with Crippen molar-refractivity contribution in [3.05, 3.63) is 98.0 Å². The molecule has 0 saturated heterocycles. The Morgan fingerprint density at radius 3 is 2.25 bits per heavy atom. The first-order valence-electron chi connectivity index (χ1n) is 13.2. The molecular formula is C30H33BrIN3O4S. The van der Waals surface area contributed by atoms with Gasteiger partial charge in [-0.15, -0.1) is 0 Å². The summed E-state index contributed by atoms with van der Waals surface area (Å²) in [6.07, 6.45) is 5.35. The Hall–Kier alpha value is -2.44. The summed E-state index contributed by atoms with van der Waals surface area (Å²) in [6, 6.07) is 23.4. The molecule has 7 nitrogen and oxygen atoms in total. The molecule has 40 heavy (non-hydrogen) atoms. The van der Waals surface area contributed by atoms with Crippen molar-refractivity contribution >= 4 is 66.0 Å². The molecule has 1 fully saturated rings. The standard InChI is InChI=1S/C30H33BrIN3O4S/c1-40(38,39)35(27-16-14-25(32)15-17-27)21-29(36)34(20-23-10-7-11-24(31)18-23)28(19-22-8-3-2-4-9-22)30(37)33-26-12-5-6-13-26/h2-4,7-11,14-18,26,28H,5-6,12-13,19-21H2,1H3,(H,33,37)/t28-/m0/s1. The Labute approximate surface area is 258 Å². The highest BCUT2D eigenvalue weighted by molar-refractivity contribution is 14.1. The van der Waals surface area contributed by atoms with E-state index in [2.05, 4.69) is 43.8 Å². The van der Waals surface area contributed by atoms with E-state index in [4.69, 9.17) is 0 Å². The highest BCUT2D eigenvalue weighted by Gasteiger charge is 2.34. The van der Waals surface area contributed by atoms with Gasteiger partial charge in [-0.25, -0.2) is 8.42 Å². The molecule has 3 aromatic carbocycles. The van der Waals surface area contributed by atoms with Crippen LogP contribution in [-0.2, 0) is 32.6 Å². The lowest BCUT2D eigenvalue weighted by molar-refractivity contribution is -0.140. The Kier molecular flexibility index (Phi) is 10.6. The van der Waals surface area contributed by atoms with E-state index >= 15 is 0 Å². The minimum atomic E-state index is -3.79. The third-order valence-electron chi connectivity index (χ3n) is 7.01. The molecule has 0 radical (unpaired) electrons. The molecule has 2 amide bonds. The highest BCUT2D eigenvalue weighted by atomic mass is 127. The number of carbonyl (C=O) groups is 2. The number of halogens is 2. The third kappa shape index (κ3) is 8.53. The van der Waals surface area contributed by atoms with Crippen LogP contribution >= 0.6 is 38.5 Å². The molecule has 3 aromatic rings. The minimum Gasteiger partial charge on any atom is -0.352 e. The average Bonchev–Trinajstić information content (AvgIpc) is 3.43. The van der Waals surface area contributed by atoms with Gasteiger partial charge in [-0.1, -0.05) is 71.2 Å². The van der Waals surface area contributed by atoms with Crippen molar-refractivity contribution in [1.29, 1.82) is 0 Å². The lowest BCUT2D eigenvalue weighted by Crippen LogP contribution is -2.54. The molecule has 1 saturated carbocycles. The van der Waals surface area contributed by atoms with E-state index in [9.17, 15) is 18.0 Å². The first-order chi connectivity index (χ1) is 19.1. The number of nitrogens with one attached hydrogen (secondary N) is 1. The van der Waals surface area contributed by atoms with Crippen molar-refractivity contribution in [1.82, 2.24) is 10.2 Å². The van der Waals surface area contributed by atoms with Crippen LogP contribution in [0.4, 0.5) is 5.69 Å². The minimum absolute atomic E-state index is 0.0768. The molecule has 1 aliphatic rings. The monoisotopic (exact) mass is 737 g/mol. The molecule has 1 aliphatic carbocycles. The predicted octanol–water partition coefficient (Wildman–Crippen LogP) is 5.52. The van der Waals surface area contributed by atoms with E-state index in [1.165, 1.54) is 4.90 Å². The molecule has 1 N–H and O–H groups in total. The lowest BCUT2D eigenvalue weighted by atomic mass is 10.0. The SMILES string of the molecule is CS(=O)(=O)N(CC(=O)N(Cc1cccc(Br)c1)[C@@H](Cc1ccccc1)C(=O)NC1CCCC1)c1ccc(I)cc1. The van der Waals surface area contributed by atoms with Crippen molar-refractivity contribution in [2.24, 2.45) is 0 Å². The van der Waals surface area contributed by atoms with E-state index in [-0.39, 0.29) is 18.5 Å². The summed E-state index contributed by atoms with van der Waals surface area (Å²) in [5.41, 5.74) is 2.14. The number of hydrogen-bond donors (Lipinski definition) is 1. The number of hydrogen-bond acceptors (Lipinski definition) is 4. The number of carbonyl (C=O) groups excluding carboxylic acids is 2. The van der Waals surface area contributed by atoms with Gasteiger partial charge < -0.3 is 10.2 Å². The maximum Gasteiger partial charge on any atom is 0.244 e. The van der Waals surface area contributed by atoms with Gasteiger partial charge in [0.1, 0.15) is 12.6 Å². The van der Waals surface area contributed by atoms with Gasteiger partial charge >= 0.3 is 0 Å². The van der Waals surface area contributed by atoms with Crippen LogP contribution in [0.15, 0.2) is 83.3 Å². The van der Waals surface area contributed by atoms with Crippen molar-refractivity contribution in [3.63, 3.8) is 0 Å². The normalized spacial score (nSPS) is 14.5. The number of benzene rings is 3. The summed E-state index contributed by atoms with van der Waals surface area (Å²) in [6.45, 7) is -0.270. The zero-order valence-electron chi connectivity index (χ0n) is 22.3. The van der Waals surface area contributed by atoms with E-state index in [0.717, 1.165) is 55.4 Å². The summed E-state index contributed by atoms with van der Waals surface area (Å²) >= 11 is 5.65. The highest BCUT2D eigenvalue weighted by Crippen LogP contribution is 2.23. The summed E-state index contributed by atoms with van der Waals surface area (Å²) in [4.78, 5) is 29.5. The van der Waals surface area contributed by atoms with Gasteiger partial charge in [-0.3, -0.25) is 13.9 Å².